The van der Waals surface area contributed by atoms with Gasteiger partial charge in [-0.1, -0.05) is 24.6 Å². The van der Waals surface area contributed by atoms with E-state index in [1.165, 1.54) is 32.1 Å². The third-order valence-corrected chi connectivity index (χ3v) is 3.64. The van der Waals surface area contributed by atoms with E-state index in [0.717, 1.165) is 13.1 Å². The fourth-order valence-electron chi connectivity index (χ4n) is 2.47. The lowest BCUT2D eigenvalue weighted by molar-refractivity contribution is -0.127. The van der Waals surface area contributed by atoms with E-state index in [0.29, 0.717) is 12.1 Å². The van der Waals surface area contributed by atoms with Crippen LogP contribution >= 0.6 is 0 Å². The zero-order valence-electron chi connectivity index (χ0n) is 11.3. The van der Waals surface area contributed by atoms with Crippen LogP contribution in [0, 0.1) is 0 Å². The number of allylic oxidation sites excluding steroid dienone is 3. The first-order valence-corrected chi connectivity index (χ1v) is 7.14. The normalized spacial score (nSPS) is 24.8. The second kappa shape index (κ2) is 6.74. The lowest BCUT2D eigenvalue weighted by Gasteiger charge is -2.30. The van der Waals surface area contributed by atoms with Crippen molar-refractivity contribution in [3.8, 4) is 0 Å². The Morgan fingerprint density at radius 1 is 1.28 bits per heavy atom. The maximum atomic E-state index is 12.2. The molecule has 18 heavy (non-hydrogen) atoms. The number of carbonyl (C=O) groups excluding carboxylic acids is 1. The number of hydrogen-bond donors (Lipinski definition) is 1. The number of rotatable bonds is 5. The lowest BCUT2D eigenvalue weighted by Crippen LogP contribution is -2.46. The third-order valence-electron chi connectivity index (χ3n) is 3.64. The molecule has 1 aliphatic carbocycles. The van der Waals surface area contributed by atoms with Gasteiger partial charge in [-0.3, -0.25) is 4.79 Å². The van der Waals surface area contributed by atoms with Gasteiger partial charge in [0.1, 0.15) is 0 Å². The van der Waals surface area contributed by atoms with Crippen molar-refractivity contribution >= 4 is 5.91 Å². The maximum Gasteiger partial charge on any atom is 0.246 e. The van der Waals surface area contributed by atoms with E-state index >= 15 is 0 Å². The van der Waals surface area contributed by atoms with Crippen LogP contribution in [0.3, 0.4) is 0 Å². The summed E-state index contributed by atoms with van der Waals surface area (Å²) in [7, 11) is 0. The summed E-state index contributed by atoms with van der Waals surface area (Å²) < 4.78 is 0. The first-order valence-electron chi connectivity index (χ1n) is 7.14. The fourth-order valence-corrected chi connectivity index (χ4v) is 2.47. The minimum atomic E-state index is 0.169. The number of piperidine rings is 1. The Labute approximate surface area is 110 Å². The average molecular weight is 248 g/mol. The van der Waals surface area contributed by atoms with Gasteiger partial charge in [0.15, 0.2) is 0 Å². The van der Waals surface area contributed by atoms with Crippen molar-refractivity contribution in [3.63, 3.8) is 0 Å². The molecule has 1 amide bonds. The van der Waals surface area contributed by atoms with Gasteiger partial charge >= 0.3 is 0 Å². The highest BCUT2D eigenvalue weighted by Crippen LogP contribution is 2.27. The Balaban J connectivity index is 1.88. The van der Waals surface area contributed by atoms with Crippen LogP contribution in [0.15, 0.2) is 24.3 Å². The van der Waals surface area contributed by atoms with Crippen LogP contribution in [-0.4, -0.2) is 36.0 Å². The molecule has 0 bridgehead atoms. The molecule has 2 fully saturated rings. The fraction of sp³-hybridized carbons (Fsp3) is 0.667. The molecule has 0 aromatic heterocycles. The molecule has 1 N–H and O–H groups in total. The molecule has 0 aromatic carbocycles. The zero-order chi connectivity index (χ0) is 12.8. The van der Waals surface area contributed by atoms with E-state index in [4.69, 9.17) is 0 Å². The summed E-state index contributed by atoms with van der Waals surface area (Å²) in [5, 5.41) is 3.52. The van der Waals surface area contributed by atoms with E-state index in [1.54, 1.807) is 6.08 Å². The first-order chi connectivity index (χ1) is 8.81. The van der Waals surface area contributed by atoms with Crippen LogP contribution in [0.25, 0.3) is 0 Å². The molecule has 2 aliphatic rings. The molecule has 1 atom stereocenters. The number of hydrogen-bond acceptors (Lipinski definition) is 2. The second-order valence-electron chi connectivity index (χ2n) is 5.25. The smallest absolute Gasteiger partial charge is 0.246 e. The zero-order valence-corrected chi connectivity index (χ0v) is 11.3. The minimum Gasteiger partial charge on any atom is -0.335 e. The molecule has 1 saturated heterocycles. The summed E-state index contributed by atoms with van der Waals surface area (Å²) in [6.07, 6.45) is 13.5. The number of carbonyl (C=O) groups is 1. The van der Waals surface area contributed by atoms with E-state index < -0.39 is 0 Å². The highest BCUT2D eigenvalue weighted by Gasteiger charge is 2.33. The average Bonchev–Trinajstić information content (AvgIpc) is 3.21. The molecule has 3 heteroatoms. The minimum absolute atomic E-state index is 0.169. The highest BCUT2D eigenvalue weighted by molar-refractivity contribution is 5.88. The second-order valence-corrected chi connectivity index (χ2v) is 5.25. The van der Waals surface area contributed by atoms with E-state index in [2.05, 4.69) is 10.2 Å². The molecular formula is C15H24N2O. The van der Waals surface area contributed by atoms with E-state index in [-0.39, 0.29) is 5.91 Å². The predicted molar refractivity (Wildman–Crippen MR) is 74.3 cm³/mol. The molecule has 1 unspecified atom stereocenters. The highest BCUT2D eigenvalue weighted by atomic mass is 16.2. The van der Waals surface area contributed by atoms with Crippen molar-refractivity contribution in [3.05, 3.63) is 24.3 Å². The van der Waals surface area contributed by atoms with Gasteiger partial charge in [-0.15, -0.1) is 0 Å². The molecule has 2 rings (SSSR count). The topological polar surface area (TPSA) is 32.3 Å². The van der Waals surface area contributed by atoms with Crippen LogP contribution in [0.1, 0.15) is 39.0 Å². The molecule has 0 radical (unpaired) electrons. The van der Waals surface area contributed by atoms with Gasteiger partial charge in [0.25, 0.3) is 0 Å². The molecule has 1 aliphatic heterocycles. The summed E-state index contributed by atoms with van der Waals surface area (Å²) in [4.78, 5) is 14.2. The van der Waals surface area contributed by atoms with Gasteiger partial charge in [-0.2, -0.15) is 0 Å². The largest absolute Gasteiger partial charge is 0.335 e. The van der Waals surface area contributed by atoms with Crippen molar-refractivity contribution in [2.45, 2.75) is 51.1 Å². The summed E-state index contributed by atoms with van der Waals surface area (Å²) in [6, 6.07) is 0.995. The molecular weight excluding hydrogens is 224 g/mol. The number of nitrogens with one attached hydrogen (secondary N) is 1. The predicted octanol–water partition coefficient (Wildman–Crippen LogP) is 2.25. The Kier molecular flexibility index (Phi) is 5.00. The quantitative estimate of drug-likeness (QED) is 0.598. The summed E-state index contributed by atoms with van der Waals surface area (Å²) >= 11 is 0. The van der Waals surface area contributed by atoms with Gasteiger partial charge in [-0.25, -0.2) is 0 Å². The molecule has 0 aromatic rings. The summed E-state index contributed by atoms with van der Waals surface area (Å²) in [5.41, 5.74) is 0. The Morgan fingerprint density at radius 3 is 2.72 bits per heavy atom. The lowest BCUT2D eigenvalue weighted by atomic mass is 10.0. The molecule has 0 spiro atoms. The maximum absolute atomic E-state index is 12.2. The van der Waals surface area contributed by atoms with Crippen LogP contribution in [0.4, 0.5) is 0 Å². The van der Waals surface area contributed by atoms with Gasteiger partial charge in [0.05, 0.1) is 0 Å². The Bertz CT molecular complexity index is 325. The molecule has 3 nitrogen and oxygen atoms in total. The van der Waals surface area contributed by atoms with Gasteiger partial charge < -0.3 is 10.2 Å². The van der Waals surface area contributed by atoms with Crippen molar-refractivity contribution in [1.29, 1.82) is 0 Å². The van der Waals surface area contributed by atoms with Crippen molar-refractivity contribution in [2.75, 3.05) is 13.1 Å². The van der Waals surface area contributed by atoms with E-state index in [9.17, 15) is 4.79 Å². The standard InChI is InChI=1S/C15H24N2O/c1-2-3-4-8-15(18)17(14-9-10-14)12-13-7-5-6-11-16-13/h2-4,8,13-14,16H,5-7,9-12H2,1H3. The van der Waals surface area contributed by atoms with Crippen molar-refractivity contribution < 1.29 is 4.79 Å². The van der Waals surface area contributed by atoms with Crippen LogP contribution in [0.5, 0.6) is 0 Å². The van der Waals surface area contributed by atoms with Gasteiger partial charge in [-0.05, 0) is 39.2 Å². The van der Waals surface area contributed by atoms with E-state index in [1.807, 2.05) is 25.2 Å². The SMILES string of the molecule is CC=CC=CC(=O)N(CC1CCCCN1)C1CC1. The van der Waals surface area contributed by atoms with Gasteiger partial charge in [0.2, 0.25) is 5.91 Å². The number of nitrogens with zero attached hydrogens (tertiary/aromatic N) is 1. The Morgan fingerprint density at radius 2 is 2.11 bits per heavy atom. The number of amides is 1. The molecule has 100 valence electrons. The van der Waals surface area contributed by atoms with Crippen molar-refractivity contribution in [2.24, 2.45) is 0 Å². The molecule has 1 heterocycles. The Hall–Kier alpha value is -1.09. The third kappa shape index (κ3) is 3.98. The van der Waals surface area contributed by atoms with Crippen LogP contribution in [-0.2, 0) is 4.79 Å². The van der Waals surface area contributed by atoms with Crippen molar-refractivity contribution in [1.82, 2.24) is 10.2 Å². The van der Waals surface area contributed by atoms with Gasteiger partial charge in [0, 0.05) is 24.7 Å². The van der Waals surface area contributed by atoms with Crippen LogP contribution < -0.4 is 5.32 Å². The summed E-state index contributed by atoms with van der Waals surface area (Å²) in [6.45, 7) is 3.94. The molecule has 1 saturated carbocycles. The summed E-state index contributed by atoms with van der Waals surface area (Å²) in [5.74, 6) is 0.169. The monoisotopic (exact) mass is 248 g/mol. The van der Waals surface area contributed by atoms with Crippen LogP contribution in [0.2, 0.25) is 0 Å². The first kappa shape index (κ1) is 13.3.